The fourth-order valence-electron chi connectivity index (χ4n) is 2.72. The van der Waals surface area contributed by atoms with E-state index < -0.39 is 0 Å². The molecular weight excluding hydrogens is 298 g/mol. The average Bonchev–Trinajstić information content (AvgIpc) is 2.61. The van der Waals surface area contributed by atoms with Crippen LogP contribution in [0.25, 0.3) is 0 Å². The fraction of sp³-hybridized carbons (Fsp3) is 0.667. The number of nitrogens with zero attached hydrogens (tertiary/aromatic N) is 1. The topological polar surface area (TPSA) is 42.2 Å². The first-order valence-corrected chi connectivity index (χ1v) is 9.54. The van der Waals surface area contributed by atoms with E-state index in [2.05, 4.69) is 26.0 Å². The van der Waals surface area contributed by atoms with E-state index >= 15 is 0 Å². The van der Waals surface area contributed by atoms with Crippen LogP contribution < -0.4 is 0 Å². The van der Waals surface area contributed by atoms with E-state index in [1.54, 1.807) is 6.08 Å². The highest BCUT2D eigenvalue weighted by molar-refractivity contribution is 5.24. The second-order valence-corrected chi connectivity index (χ2v) is 6.32. The van der Waals surface area contributed by atoms with Gasteiger partial charge in [-0.15, -0.1) is 0 Å². The minimum atomic E-state index is 0.117. The highest BCUT2D eigenvalue weighted by Gasteiger charge is 2.18. The van der Waals surface area contributed by atoms with E-state index in [1.807, 2.05) is 12.2 Å². The Labute approximate surface area is 148 Å². The van der Waals surface area contributed by atoms with E-state index in [0.29, 0.717) is 6.61 Å². The van der Waals surface area contributed by atoms with Crippen molar-refractivity contribution >= 4 is 0 Å². The molecule has 0 spiro atoms. The predicted octanol–water partition coefficient (Wildman–Crippen LogP) is 6.05. The molecule has 1 rings (SSSR count). The van der Waals surface area contributed by atoms with Crippen LogP contribution in [0, 0.1) is 17.2 Å². The summed E-state index contributed by atoms with van der Waals surface area (Å²) in [5.41, 5.74) is 0. The Morgan fingerprint density at radius 3 is 2.50 bits per heavy atom. The van der Waals surface area contributed by atoms with Gasteiger partial charge in [0.05, 0.1) is 31.1 Å². The van der Waals surface area contributed by atoms with Gasteiger partial charge in [0.15, 0.2) is 0 Å². The number of rotatable bonds is 13. The van der Waals surface area contributed by atoms with Crippen LogP contribution in [0.2, 0.25) is 0 Å². The Morgan fingerprint density at radius 1 is 1.12 bits per heavy atom. The minimum absolute atomic E-state index is 0.117. The average molecular weight is 332 g/mol. The lowest BCUT2D eigenvalue weighted by molar-refractivity contribution is 0.159. The zero-order valence-corrected chi connectivity index (χ0v) is 15.4. The number of unbranched alkanes of at least 4 members (excludes halogenated alkanes) is 6. The van der Waals surface area contributed by atoms with Crippen LogP contribution in [0.3, 0.4) is 0 Å². The number of ether oxygens (including phenoxy) is 2. The first kappa shape index (κ1) is 20.4. The Bertz CT molecular complexity index is 457. The Morgan fingerprint density at radius 2 is 1.83 bits per heavy atom. The van der Waals surface area contributed by atoms with Gasteiger partial charge in [-0.25, -0.2) is 0 Å². The minimum Gasteiger partial charge on any atom is -0.498 e. The van der Waals surface area contributed by atoms with Crippen LogP contribution in [0.15, 0.2) is 35.8 Å². The molecule has 0 N–H and O–H groups in total. The molecule has 0 fully saturated rings. The van der Waals surface area contributed by atoms with Crippen LogP contribution in [0.1, 0.15) is 71.6 Å². The molecule has 0 aromatic heterocycles. The molecule has 3 nitrogen and oxygen atoms in total. The summed E-state index contributed by atoms with van der Waals surface area (Å²) in [5.74, 6) is 1.88. The van der Waals surface area contributed by atoms with Crippen molar-refractivity contribution in [2.45, 2.75) is 71.6 Å². The predicted molar refractivity (Wildman–Crippen MR) is 99.2 cm³/mol. The molecule has 0 aliphatic heterocycles. The molecule has 0 heterocycles. The lowest BCUT2D eigenvalue weighted by Crippen LogP contribution is -2.11. The van der Waals surface area contributed by atoms with Crippen LogP contribution in [-0.4, -0.2) is 13.2 Å². The van der Waals surface area contributed by atoms with Crippen molar-refractivity contribution in [3.63, 3.8) is 0 Å². The normalized spacial score (nSPS) is 17.3. The Balaban J connectivity index is 2.38. The van der Waals surface area contributed by atoms with Crippen molar-refractivity contribution in [2.24, 2.45) is 5.92 Å². The van der Waals surface area contributed by atoms with Gasteiger partial charge >= 0.3 is 0 Å². The molecular formula is C21H33NO2. The number of hydrogen-bond acceptors (Lipinski definition) is 3. The largest absolute Gasteiger partial charge is 0.498 e. The quantitative estimate of drug-likeness (QED) is 0.234. The van der Waals surface area contributed by atoms with Crippen LogP contribution in [0.4, 0.5) is 0 Å². The first-order chi connectivity index (χ1) is 11.8. The SMILES string of the molecule is CCCCCCOC1=CC=CC(C(=CC#N)OCCCCCC)C1. The molecule has 1 aliphatic carbocycles. The molecule has 1 unspecified atom stereocenters. The molecule has 0 aromatic carbocycles. The highest BCUT2D eigenvalue weighted by atomic mass is 16.5. The third-order valence-electron chi connectivity index (χ3n) is 4.17. The maximum Gasteiger partial charge on any atom is 0.114 e. The second-order valence-electron chi connectivity index (χ2n) is 6.32. The van der Waals surface area contributed by atoms with Gasteiger partial charge in [-0.3, -0.25) is 0 Å². The summed E-state index contributed by atoms with van der Waals surface area (Å²) in [6.45, 7) is 5.88. The Kier molecular flexibility index (Phi) is 11.6. The van der Waals surface area contributed by atoms with E-state index in [9.17, 15) is 0 Å². The van der Waals surface area contributed by atoms with Gasteiger partial charge in [0.25, 0.3) is 0 Å². The maximum atomic E-state index is 9.02. The van der Waals surface area contributed by atoms with Crippen molar-refractivity contribution < 1.29 is 9.47 Å². The Hall–Kier alpha value is -1.69. The summed E-state index contributed by atoms with van der Waals surface area (Å²) in [6, 6.07) is 2.12. The summed E-state index contributed by atoms with van der Waals surface area (Å²) in [5, 5.41) is 9.02. The monoisotopic (exact) mass is 331 g/mol. The molecule has 1 aliphatic rings. The molecule has 1 atom stereocenters. The zero-order valence-electron chi connectivity index (χ0n) is 15.4. The number of allylic oxidation sites excluding steroid dienone is 5. The summed E-state index contributed by atoms with van der Waals surface area (Å²) in [4.78, 5) is 0. The molecule has 0 radical (unpaired) electrons. The van der Waals surface area contributed by atoms with Gasteiger partial charge < -0.3 is 9.47 Å². The molecule has 0 saturated carbocycles. The highest BCUT2D eigenvalue weighted by Crippen LogP contribution is 2.27. The van der Waals surface area contributed by atoms with Crippen molar-refractivity contribution in [1.29, 1.82) is 5.26 Å². The molecule has 134 valence electrons. The molecule has 0 amide bonds. The van der Waals surface area contributed by atoms with Crippen molar-refractivity contribution in [1.82, 2.24) is 0 Å². The number of nitriles is 1. The third kappa shape index (κ3) is 8.82. The van der Waals surface area contributed by atoms with Gasteiger partial charge in [-0.05, 0) is 18.9 Å². The van der Waals surface area contributed by atoms with Gasteiger partial charge in [-0.2, -0.15) is 5.26 Å². The van der Waals surface area contributed by atoms with E-state index in [4.69, 9.17) is 14.7 Å². The van der Waals surface area contributed by atoms with E-state index in [0.717, 1.165) is 37.4 Å². The summed E-state index contributed by atoms with van der Waals surface area (Å²) >= 11 is 0. The van der Waals surface area contributed by atoms with Gasteiger partial charge in [0, 0.05) is 12.3 Å². The van der Waals surface area contributed by atoms with Crippen molar-refractivity contribution in [2.75, 3.05) is 13.2 Å². The second kappa shape index (κ2) is 13.7. The number of hydrogen-bond donors (Lipinski definition) is 0. The maximum absolute atomic E-state index is 9.02. The molecule has 3 heteroatoms. The van der Waals surface area contributed by atoms with E-state index in [-0.39, 0.29) is 5.92 Å². The van der Waals surface area contributed by atoms with Crippen molar-refractivity contribution in [3.05, 3.63) is 35.8 Å². The summed E-state index contributed by atoms with van der Waals surface area (Å²) in [7, 11) is 0. The molecule has 0 bridgehead atoms. The zero-order chi connectivity index (χ0) is 17.5. The third-order valence-corrected chi connectivity index (χ3v) is 4.17. The summed E-state index contributed by atoms with van der Waals surface area (Å²) in [6.07, 6.45) is 18.0. The standard InChI is InChI=1S/C21H33NO2/c1-3-5-7-9-16-23-20-13-11-12-19(18-20)21(14-15-22)24-17-10-8-6-4-2/h11-14,19H,3-10,16-18H2,1-2H3. The van der Waals surface area contributed by atoms with Crippen molar-refractivity contribution in [3.8, 4) is 6.07 Å². The lowest BCUT2D eigenvalue weighted by Gasteiger charge is -2.21. The molecule has 0 aromatic rings. The smallest absolute Gasteiger partial charge is 0.114 e. The van der Waals surface area contributed by atoms with E-state index in [1.165, 1.54) is 38.5 Å². The van der Waals surface area contributed by atoms with Gasteiger partial charge in [0.2, 0.25) is 0 Å². The molecule has 0 saturated heterocycles. The van der Waals surface area contributed by atoms with Gasteiger partial charge in [-0.1, -0.05) is 64.5 Å². The lowest BCUT2D eigenvalue weighted by atomic mass is 9.97. The summed E-state index contributed by atoms with van der Waals surface area (Å²) < 4.78 is 11.8. The molecule has 24 heavy (non-hydrogen) atoms. The van der Waals surface area contributed by atoms with Crippen LogP contribution >= 0.6 is 0 Å². The van der Waals surface area contributed by atoms with Crippen LogP contribution in [-0.2, 0) is 9.47 Å². The van der Waals surface area contributed by atoms with Gasteiger partial charge in [0.1, 0.15) is 5.76 Å². The first-order valence-electron chi connectivity index (χ1n) is 9.54. The fourth-order valence-corrected chi connectivity index (χ4v) is 2.72. The van der Waals surface area contributed by atoms with Crippen LogP contribution in [0.5, 0.6) is 0 Å².